The van der Waals surface area contributed by atoms with Crippen LogP contribution >= 0.6 is 11.3 Å². The lowest BCUT2D eigenvalue weighted by atomic mass is 9.94. The molecule has 4 rings (SSSR count). The molecule has 10 heteroatoms. The minimum atomic E-state index is -0.827. The zero-order valence-electron chi connectivity index (χ0n) is 23.7. The molecule has 0 saturated heterocycles. The molecule has 0 spiro atoms. The molecule has 0 unspecified atom stereocenters. The summed E-state index contributed by atoms with van der Waals surface area (Å²) < 4.78 is 24.4. The van der Waals surface area contributed by atoms with E-state index < -0.39 is 12.0 Å². The molecule has 9 nitrogen and oxygen atoms in total. The summed E-state index contributed by atoms with van der Waals surface area (Å²) >= 11 is 1.28. The second-order valence-corrected chi connectivity index (χ2v) is 10.4. The van der Waals surface area contributed by atoms with Gasteiger partial charge in [0, 0.05) is 32.5 Å². The van der Waals surface area contributed by atoms with Gasteiger partial charge in [0.15, 0.2) is 16.3 Å². The average Bonchev–Trinajstić information content (AvgIpc) is 3.25. The van der Waals surface area contributed by atoms with Gasteiger partial charge in [0.1, 0.15) is 12.6 Å². The van der Waals surface area contributed by atoms with E-state index in [1.54, 1.807) is 24.7 Å². The molecule has 212 valence electrons. The van der Waals surface area contributed by atoms with E-state index in [-0.39, 0.29) is 24.3 Å². The van der Waals surface area contributed by atoms with Crippen LogP contribution < -0.4 is 29.3 Å². The van der Waals surface area contributed by atoms with Crippen molar-refractivity contribution in [3.8, 4) is 11.5 Å². The van der Waals surface area contributed by atoms with Crippen LogP contribution in [-0.4, -0.2) is 58.7 Å². The maximum Gasteiger partial charge on any atom is 0.338 e. The molecule has 0 bridgehead atoms. The highest BCUT2D eigenvalue weighted by Gasteiger charge is 2.36. The van der Waals surface area contributed by atoms with E-state index in [4.69, 9.17) is 18.9 Å². The van der Waals surface area contributed by atoms with Crippen LogP contribution in [0.1, 0.15) is 37.4 Å². The number of benzene rings is 2. The predicted octanol–water partition coefficient (Wildman–Crippen LogP) is 3.29. The molecule has 0 N–H and O–H groups in total. The summed E-state index contributed by atoms with van der Waals surface area (Å²) in [6.45, 7) is 4.52. The van der Waals surface area contributed by atoms with Gasteiger partial charge in [0.2, 0.25) is 0 Å². The summed E-state index contributed by atoms with van der Waals surface area (Å²) in [6.07, 6.45) is 2.62. The first-order chi connectivity index (χ1) is 19.3. The highest BCUT2D eigenvalue weighted by atomic mass is 32.1. The number of ether oxygens (including phenoxy) is 4. The first-order valence-electron chi connectivity index (χ1n) is 13.1. The zero-order valence-corrected chi connectivity index (χ0v) is 24.5. The van der Waals surface area contributed by atoms with E-state index in [1.165, 1.54) is 18.4 Å². The number of rotatable bonds is 11. The van der Waals surface area contributed by atoms with Crippen molar-refractivity contribution in [3.05, 3.63) is 84.5 Å². The minimum Gasteiger partial charge on any atom is -0.493 e. The van der Waals surface area contributed by atoms with Gasteiger partial charge < -0.3 is 23.8 Å². The molecule has 3 aromatic rings. The molecule has 0 saturated carbocycles. The van der Waals surface area contributed by atoms with Crippen LogP contribution in [-0.2, 0) is 14.3 Å². The smallest absolute Gasteiger partial charge is 0.338 e. The lowest BCUT2D eigenvalue weighted by Crippen LogP contribution is -2.40. The van der Waals surface area contributed by atoms with Gasteiger partial charge in [0.25, 0.3) is 5.56 Å². The number of esters is 1. The van der Waals surface area contributed by atoms with Gasteiger partial charge in [-0.1, -0.05) is 42.5 Å². The number of nitrogens with zero attached hydrogens (tertiary/aromatic N) is 3. The van der Waals surface area contributed by atoms with E-state index in [0.717, 1.165) is 17.7 Å². The van der Waals surface area contributed by atoms with Crippen molar-refractivity contribution in [2.75, 3.05) is 53.0 Å². The molecule has 0 amide bonds. The fraction of sp³-hybridized carbons (Fsp3) is 0.367. The predicted molar refractivity (Wildman–Crippen MR) is 156 cm³/mol. The topological polar surface area (TPSA) is 91.6 Å². The van der Waals surface area contributed by atoms with Gasteiger partial charge in [-0.25, -0.2) is 9.79 Å². The molecule has 0 radical (unpaired) electrons. The number of hydrogen-bond donors (Lipinski definition) is 0. The fourth-order valence-electron chi connectivity index (χ4n) is 4.46. The number of fused-ring (bicyclic) bond motifs is 1. The summed E-state index contributed by atoms with van der Waals surface area (Å²) in [6, 6.07) is 12.6. The van der Waals surface area contributed by atoms with Crippen molar-refractivity contribution in [1.82, 2.24) is 4.57 Å². The second-order valence-electron chi connectivity index (χ2n) is 9.42. The summed E-state index contributed by atoms with van der Waals surface area (Å²) in [4.78, 5) is 34.6. The summed E-state index contributed by atoms with van der Waals surface area (Å²) in [7, 11) is 7.05. The Morgan fingerprint density at radius 1 is 1.10 bits per heavy atom. The molecule has 2 aromatic carbocycles. The first-order valence-corrected chi connectivity index (χ1v) is 13.9. The normalized spacial score (nSPS) is 14.9. The number of allylic oxidation sites excluding steroid dienone is 1. The number of hydrogen-bond acceptors (Lipinski definition) is 9. The lowest BCUT2D eigenvalue weighted by Gasteiger charge is -2.27. The number of aromatic nitrogens is 1. The Morgan fingerprint density at radius 3 is 2.50 bits per heavy atom. The molecular weight excluding hydrogens is 530 g/mol. The number of carbonyl (C=O) groups is 1. The molecule has 1 aliphatic heterocycles. The first kappa shape index (κ1) is 29.1. The Morgan fingerprint density at radius 2 is 1.85 bits per heavy atom. The van der Waals surface area contributed by atoms with Crippen LogP contribution in [0.15, 0.2) is 63.5 Å². The molecule has 0 fully saturated rings. The Hall–Kier alpha value is -3.89. The van der Waals surface area contributed by atoms with E-state index >= 15 is 0 Å². The third-order valence-electron chi connectivity index (χ3n) is 6.44. The van der Waals surface area contributed by atoms with Gasteiger partial charge >= 0.3 is 5.97 Å². The maximum absolute atomic E-state index is 14.0. The van der Waals surface area contributed by atoms with Crippen LogP contribution in [0.5, 0.6) is 11.5 Å². The largest absolute Gasteiger partial charge is 0.493 e. The molecule has 2 heterocycles. The highest BCUT2D eigenvalue weighted by molar-refractivity contribution is 7.07. The highest BCUT2D eigenvalue weighted by Crippen LogP contribution is 2.40. The Bertz CT molecular complexity index is 1570. The van der Waals surface area contributed by atoms with Crippen molar-refractivity contribution >= 4 is 29.1 Å². The molecule has 1 aliphatic rings. The number of carbonyl (C=O) groups excluding carboxylic acids is 1. The van der Waals surface area contributed by atoms with Gasteiger partial charge in [-0.3, -0.25) is 9.36 Å². The average molecular weight is 566 g/mol. The third-order valence-corrected chi connectivity index (χ3v) is 7.43. The van der Waals surface area contributed by atoms with Crippen molar-refractivity contribution in [2.45, 2.75) is 26.3 Å². The maximum atomic E-state index is 14.0. The van der Waals surface area contributed by atoms with Crippen LogP contribution in [0, 0.1) is 0 Å². The van der Waals surface area contributed by atoms with Gasteiger partial charge in [-0.05, 0) is 43.2 Å². The number of thiazole rings is 1. The monoisotopic (exact) mass is 565 g/mol. The van der Waals surface area contributed by atoms with Crippen molar-refractivity contribution < 1.29 is 23.7 Å². The van der Waals surface area contributed by atoms with Crippen LogP contribution in [0.3, 0.4) is 0 Å². The molecule has 0 aliphatic carbocycles. The number of anilines is 1. The number of methoxy groups -OCH3 is 2. The molecule has 1 aromatic heterocycles. The third kappa shape index (κ3) is 5.97. The van der Waals surface area contributed by atoms with Crippen molar-refractivity contribution in [3.63, 3.8) is 0 Å². The van der Waals surface area contributed by atoms with Crippen molar-refractivity contribution in [1.29, 1.82) is 0 Å². The SMILES string of the molecule is CCCOc1c(OC)cccc1[C@H]1C(C(=O)OCCOC)=C(C)N=c2s/c(=C/c3ccc(N(C)C)cc3)c(=O)n21. The summed E-state index contributed by atoms with van der Waals surface area (Å²) in [5.41, 5.74) is 3.03. The van der Waals surface area contributed by atoms with Gasteiger partial charge in [-0.2, -0.15) is 0 Å². The van der Waals surface area contributed by atoms with E-state index in [0.29, 0.717) is 38.7 Å². The Labute approximate surface area is 237 Å². The van der Waals surface area contributed by atoms with Crippen LogP contribution in [0.25, 0.3) is 6.08 Å². The van der Waals surface area contributed by atoms with Gasteiger partial charge in [-0.15, -0.1) is 0 Å². The van der Waals surface area contributed by atoms with E-state index in [1.807, 2.05) is 68.4 Å². The zero-order chi connectivity index (χ0) is 28.8. The molecule has 1 atom stereocenters. The number of para-hydroxylation sites is 1. The lowest BCUT2D eigenvalue weighted by molar-refractivity contribution is -0.140. The van der Waals surface area contributed by atoms with E-state index in [9.17, 15) is 9.59 Å². The van der Waals surface area contributed by atoms with Crippen molar-refractivity contribution in [2.24, 2.45) is 4.99 Å². The van der Waals surface area contributed by atoms with Gasteiger partial charge in [0.05, 0.1) is 36.1 Å². The second kappa shape index (κ2) is 13.0. The fourth-order valence-corrected chi connectivity index (χ4v) is 5.51. The Balaban J connectivity index is 1.93. The summed E-state index contributed by atoms with van der Waals surface area (Å²) in [5.74, 6) is 0.416. The van der Waals surface area contributed by atoms with Crippen LogP contribution in [0.4, 0.5) is 5.69 Å². The van der Waals surface area contributed by atoms with E-state index in [2.05, 4.69) is 4.99 Å². The minimum absolute atomic E-state index is 0.0729. The quantitative estimate of drug-likeness (QED) is 0.260. The summed E-state index contributed by atoms with van der Waals surface area (Å²) in [5, 5.41) is 0. The van der Waals surface area contributed by atoms with Crippen LogP contribution in [0.2, 0.25) is 0 Å². The molecule has 40 heavy (non-hydrogen) atoms. The molecular formula is C30H35N3O6S. The Kier molecular flexibility index (Phi) is 9.44. The standard InChI is InChI=1S/C30H35N3O6S/c1-7-15-38-27-22(9-8-10-23(27)37-6)26-25(29(35)39-17-16-36-5)19(2)31-30-33(26)28(34)24(40-30)18-20-11-13-21(14-12-20)32(3)4/h8-14,18,26H,7,15-17H2,1-6H3/b24-18+/t26-/m0/s1.